The molecule has 45 heavy (non-hydrogen) atoms. The van der Waals surface area contributed by atoms with E-state index in [0.717, 1.165) is 22.5 Å². The molecule has 0 atom stereocenters. The maximum Gasteiger partial charge on any atom is 0.234 e. The fourth-order valence-electron chi connectivity index (χ4n) is 4.30. The lowest BCUT2D eigenvalue weighted by Gasteiger charge is -2.09. The first-order chi connectivity index (χ1) is 22.1. The summed E-state index contributed by atoms with van der Waals surface area (Å²) in [5, 5.41) is 30.5. The van der Waals surface area contributed by atoms with Crippen LogP contribution < -0.4 is 10.6 Å². The molecule has 0 saturated heterocycles. The predicted octanol–water partition coefficient (Wildman–Crippen LogP) is 4.69. The van der Waals surface area contributed by atoms with Gasteiger partial charge in [0.05, 0.1) is 22.9 Å². The molecule has 0 unspecified atom stereocenters. The van der Waals surface area contributed by atoms with E-state index in [0.29, 0.717) is 28.1 Å². The zero-order valence-corrected chi connectivity index (χ0v) is 25.4. The Balaban J connectivity index is 0.952. The Morgan fingerprint density at radius 3 is 1.36 bits per heavy atom. The number of benzene rings is 4. The molecule has 14 heteroatoms. The SMILES string of the molecule is O=C(CSc1nnnn1-c1ccccc1)Nc1ccc(Cc2ccc(NC(=O)CSc3nnnn3-c3ccccc3)cc2)cc1. The molecule has 12 nitrogen and oxygen atoms in total. The van der Waals surface area contributed by atoms with Gasteiger partial charge >= 0.3 is 0 Å². The normalized spacial score (nSPS) is 10.8. The number of nitrogens with zero attached hydrogens (tertiary/aromatic N) is 8. The molecule has 2 heterocycles. The van der Waals surface area contributed by atoms with E-state index in [1.807, 2.05) is 109 Å². The highest BCUT2D eigenvalue weighted by atomic mass is 32.2. The second-order valence-electron chi connectivity index (χ2n) is 9.66. The number of hydrogen-bond donors (Lipinski definition) is 2. The van der Waals surface area contributed by atoms with Gasteiger partial charge in [-0.2, -0.15) is 9.36 Å². The summed E-state index contributed by atoms with van der Waals surface area (Å²) in [4.78, 5) is 25.1. The summed E-state index contributed by atoms with van der Waals surface area (Å²) in [6.07, 6.45) is 0.707. The smallest absolute Gasteiger partial charge is 0.234 e. The Morgan fingerprint density at radius 1 is 0.556 bits per heavy atom. The average Bonchev–Trinajstić information content (AvgIpc) is 3.76. The fraction of sp³-hybridized carbons (Fsp3) is 0.0968. The number of anilines is 2. The van der Waals surface area contributed by atoms with Crippen LogP contribution in [0.5, 0.6) is 0 Å². The number of carbonyl (C=O) groups is 2. The Hall–Kier alpha value is -5.34. The summed E-state index contributed by atoms with van der Waals surface area (Å²) in [7, 11) is 0. The lowest BCUT2D eigenvalue weighted by Crippen LogP contribution is -2.14. The van der Waals surface area contributed by atoms with Crippen molar-refractivity contribution >= 4 is 46.7 Å². The Kier molecular flexibility index (Phi) is 9.52. The molecule has 0 aliphatic rings. The number of aromatic nitrogens is 8. The van der Waals surface area contributed by atoms with Gasteiger partial charge in [-0.1, -0.05) is 84.2 Å². The van der Waals surface area contributed by atoms with Crippen molar-refractivity contribution in [2.75, 3.05) is 22.1 Å². The molecule has 4 aromatic carbocycles. The minimum Gasteiger partial charge on any atom is -0.325 e. The number of carbonyl (C=O) groups excluding carboxylic acids is 2. The van der Waals surface area contributed by atoms with Gasteiger partial charge in [-0.05, 0) is 86.9 Å². The molecule has 6 rings (SSSR count). The number of amides is 2. The standard InChI is InChI=1S/C31H26N10O2S2/c42-28(20-44-30-34-36-38-40(30)26-7-3-1-4-8-26)32-24-15-11-22(12-16-24)19-23-13-17-25(18-14-23)33-29(43)21-45-31-35-37-39-41(31)27-9-5-2-6-10-27/h1-18H,19-21H2,(H,32,42)(H,33,43). The summed E-state index contributed by atoms with van der Waals surface area (Å²) in [6.45, 7) is 0. The van der Waals surface area contributed by atoms with E-state index in [1.165, 1.54) is 23.5 Å². The first kappa shape index (κ1) is 29.7. The molecule has 0 fully saturated rings. The van der Waals surface area contributed by atoms with Crippen molar-refractivity contribution in [1.82, 2.24) is 40.4 Å². The van der Waals surface area contributed by atoms with Crippen molar-refractivity contribution in [1.29, 1.82) is 0 Å². The molecule has 0 saturated carbocycles. The van der Waals surface area contributed by atoms with Crippen LogP contribution in [0.15, 0.2) is 120 Å². The number of nitrogens with one attached hydrogen (secondary N) is 2. The lowest BCUT2D eigenvalue weighted by molar-refractivity contribution is -0.114. The topological polar surface area (TPSA) is 145 Å². The highest BCUT2D eigenvalue weighted by Crippen LogP contribution is 2.21. The van der Waals surface area contributed by atoms with Crippen molar-refractivity contribution in [2.24, 2.45) is 0 Å². The number of rotatable bonds is 12. The summed E-state index contributed by atoms with van der Waals surface area (Å²) < 4.78 is 3.21. The molecule has 0 spiro atoms. The molecule has 0 aliphatic carbocycles. The van der Waals surface area contributed by atoms with Crippen molar-refractivity contribution in [2.45, 2.75) is 16.7 Å². The van der Waals surface area contributed by atoms with Gasteiger partial charge in [0.2, 0.25) is 22.1 Å². The van der Waals surface area contributed by atoms with Gasteiger partial charge < -0.3 is 10.6 Å². The van der Waals surface area contributed by atoms with Crippen molar-refractivity contribution in [3.63, 3.8) is 0 Å². The third-order valence-corrected chi connectivity index (χ3v) is 8.27. The van der Waals surface area contributed by atoms with Crippen molar-refractivity contribution in [3.8, 4) is 11.4 Å². The molecule has 6 aromatic rings. The van der Waals surface area contributed by atoms with E-state index in [1.54, 1.807) is 9.36 Å². The van der Waals surface area contributed by atoms with E-state index in [-0.39, 0.29) is 23.3 Å². The molecule has 0 aliphatic heterocycles. The Morgan fingerprint density at radius 2 is 0.956 bits per heavy atom. The zero-order chi connectivity index (χ0) is 30.8. The van der Waals surface area contributed by atoms with Crippen LogP contribution in [-0.4, -0.2) is 63.7 Å². The van der Waals surface area contributed by atoms with Crippen LogP contribution in [0.3, 0.4) is 0 Å². The maximum absolute atomic E-state index is 12.6. The fourth-order valence-corrected chi connectivity index (χ4v) is 5.68. The van der Waals surface area contributed by atoms with E-state index in [2.05, 4.69) is 41.7 Å². The summed E-state index contributed by atoms with van der Waals surface area (Å²) in [5.41, 5.74) is 5.26. The average molecular weight is 635 g/mol. The van der Waals surface area contributed by atoms with Crippen LogP contribution in [-0.2, 0) is 16.0 Å². The molecule has 0 radical (unpaired) electrons. The molecule has 2 N–H and O–H groups in total. The third-order valence-electron chi connectivity index (χ3n) is 6.43. The van der Waals surface area contributed by atoms with E-state index < -0.39 is 0 Å². The minimum atomic E-state index is -0.152. The first-order valence-corrected chi connectivity index (χ1v) is 15.8. The van der Waals surface area contributed by atoms with Gasteiger partial charge in [-0.15, -0.1) is 10.2 Å². The van der Waals surface area contributed by atoms with Crippen molar-refractivity contribution < 1.29 is 9.59 Å². The highest BCUT2D eigenvalue weighted by molar-refractivity contribution is 8.00. The number of tetrazole rings is 2. The van der Waals surface area contributed by atoms with Crippen LogP contribution in [0.25, 0.3) is 11.4 Å². The monoisotopic (exact) mass is 634 g/mol. The first-order valence-electron chi connectivity index (χ1n) is 13.8. The number of para-hydroxylation sites is 2. The Bertz CT molecular complexity index is 1730. The van der Waals surface area contributed by atoms with Gasteiger partial charge in [0, 0.05) is 11.4 Å². The van der Waals surface area contributed by atoms with Gasteiger partial charge in [0.25, 0.3) is 0 Å². The van der Waals surface area contributed by atoms with Gasteiger partial charge in [-0.3, -0.25) is 9.59 Å². The second kappa shape index (κ2) is 14.4. The highest BCUT2D eigenvalue weighted by Gasteiger charge is 2.13. The van der Waals surface area contributed by atoms with Gasteiger partial charge in [0.15, 0.2) is 0 Å². The summed E-state index contributed by atoms with van der Waals surface area (Å²) in [5.74, 6) is 0.0359. The quantitative estimate of drug-likeness (QED) is 0.182. The lowest BCUT2D eigenvalue weighted by atomic mass is 10.0. The maximum atomic E-state index is 12.6. The molecule has 2 aromatic heterocycles. The van der Waals surface area contributed by atoms with Gasteiger partial charge in [0.1, 0.15) is 0 Å². The van der Waals surface area contributed by atoms with Crippen LogP contribution in [0.2, 0.25) is 0 Å². The number of thioether (sulfide) groups is 2. The van der Waals surface area contributed by atoms with Crippen molar-refractivity contribution in [3.05, 3.63) is 120 Å². The van der Waals surface area contributed by atoms with Crippen LogP contribution >= 0.6 is 23.5 Å². The summed E-state index contributed by atoms with van der Waals surface area (Å²) in [6, 6.07) is 34.5. The van der Waals surface area contributed by atoms with Crippen LogP contribution in [0.4, 0.5) is 11.4 Å². The Labute approximate surface area is 266 Å². The van der Waals surface area contributed by atoms with Crippen LogP contribution in [0, 0.1) is 0 Å². The molecule has 2 amide bonds. The van der Waals surface area contributed by atoms with Gasteiger partial charge in [-0.25, -0.2) is 0 Å². The molecule has 224 valence electrons. The van der Waals surface area contributed by atoms with E-state index in [9.17, 15) is 9.59 Å². The minimum absolute atomic E-state index is 0.152. The van der Waals surface area contributed by atoms with E-state index in [4.69, 9.17) is 0 Å². The third kappa shape index (κ3) is 7.99. The zero-order valence-electron chi connectivity index (χ0n) is 23.7. The second-order valence-corrected chi connectivity index (χ2v) is 11.5. The largest absolute Gasteiger partial charge is 0.325 e. The molecular weight excluding hydrogens is 609 g/mol. The van der Waals surface area contributed by atoms with E-state index >= 15 is 0 Å². The van der Waals surface area contributed by atoms with Crippen LogP contribution in [0.1, 0.15) is 11.1 Å². The molecular formula is C31H26N10O2S2. The number of hydrogen-bond acceptors (Lipinski definition) is 10. The predicted molar refractivity (Wildman–Crippen MR) is 173 cm³/mol. The molecule has 0 bridgehead atoms. The summed E-state index contributed by atoms with van der Waals surface area (Å²) >= 11 is 2.53.